The number of aromatic nitrogens is 2. The van der Waals surface area contributed by atoms with Crippen molar-refractivity contribution in [1.29, 1.82) is 0 Å². The molecule has 0 radical (unpaired) electrons. The van der Waals surface area contributed by atoms with Crippen LogP contribution in [0, 0.1) is 6.92 Å². The van der Waals surface area contributed by atoms with Gasteiger partial charge in [-0.15, -0.1) is 0 Å². The van der Waals surface area contributed by atoms with Crippen LogP contribution in [0.25, 0.3) is 0 Å². The van der Waals surface area contributed by atoms with Gasteiger partial charge in [-0.3, -0.25) is 0 Å². The Morgan fingerprint density at radius 3 is 2.71 bits per heavy atom. The molecule has 1 aromatic carbocycles. The molecule has 1 fully saturated rings. The van der Waals surface area contributed by atoms with Crippen LogP contribution < -0.4 is 14.8 Å². The Labute approximate surface area is 176 Å². The minimum atomic E-state index is 0.222. The Kier molecular flexibility index (Phi) is 7.59. The van der Waals surface area contributed by atoms with Gasteiger partial charge in [0.05, 0.1) is 23.4 Å². The molecule has 2 aromatic rings. The van der Waals surface area contributed by atoms with Crippen LogP contribution in [-0.2, 0) is 0 Å². The van der Waals surface area contributed by atoms with Crippen molar-refractivity contribution in [2.24, 2.45) is 0 Å². The third-order valence-corrected chi connectivity index (χ3v) is 5.51. The van der Waals surface area contributed by atoms with Crippen LogP contribution in [0.4, 0.5) is 5.82 Å². The second-order valence-corrected chi connectivity index (χ2v) is 7.66. The predicted molar refractivity (Wildman–Crippen MR) is 113 cm³/mol. The Balaban J connectivity index is 1.37. The molecular formula is C20H26Cl2N4O2. The molecule has 1 saturated heterocycles. The van der Waals surface area contributed by atoms with Crippen molar-refractivity contribution in [3.63, 3.8) is 0 Å². The molecule has 3 rings (SSSR count). The highest BCUT2D eigenvalue weighted by molar-refractivity contribution is 6.42. The molecule has 28 heavy (non-hydrogen) atoms. The van der Waals surface area contributed by atoms with Gasteiger partial charge in [-0.05, 0) is 44.9 Å². The number of methoxy groups -OCH3 is 1. The highest BCUT2D eigenvalue weighted by Gasteiger charge is 2.20. The van der Waals surface area contributed by atoms with Gasteiger partial charge in [-0.1, -0.05) is 23.2 Å². The second kappa shape index (κ2) is 10.1. The average Bonchev–Trinajstić information content (AvgIpc) is 2.69. The van der Waals surface area contributed by atoms with E-state index in [1.165, 1.54) is 0 Å². The molecule has 1 N–H and O–H groups in total. The molecule has 1 aromatic heterocycles. The number of likely N-dealkylation sites (tertiary alicyclic amines) is 1. The van der Waals surface area contributed by atoms with Gasteiger partial charge in [-0.25, -0.2) is 9.97 Å². The van der Waals surface area contributed by atoms with E-state index in [9.17, 15) is 0 Å². The van der Waals surface area contributed by atoms with Crippen LogP contribution in [0.15, 0.2) is 24.4 Å². The lowest BCUT2D eigenvalue weighted by atomic mass is 10.1. The number of nitrogens with one attached hydrogen (secondary N) is 1. The lowest BCUT2D eigenvalue weighted by molar-refractivity contribution is 0.100. The maximum Gasteiger partial charge on any atom is 0.179 e. The summed E-state index contributed by atoms with van der Waals surface area (Å²) in [7, 11) is 1.63. The van der Waals surface area contributed by atoms with Crippen LogP contribution in [0.2, 0.25) is 10.0 Å². The molecule has 1 aliphatic heterocycles. The number of rotatable bonds is 8. The molecule has 0 unspecified atom stereocenters. The van der Waals surface area contributed by atoms with Crippen molar-refractivity contribution in [2.45, 2.75) is 32.3 Å². The minimum absolute atomic E-state index is 0.222. The maximum atomic E-state index is 6.06. The van der Waals surface area contributed by atoms with Crippen molar-refractivity contribution < 1.29 is 9.47 Å². The molecule has 8 heteroatoms. The number of benzene rings is 1. The van der Waals surface area contributed by atoms with E-state index in [0.29, 0.717) is 15.8 Å². The first kappa shape index (κ1) is 21.0. The van der Waals surface area contributed by atoms with Crippen molar-refractivity contribution in [1.82, 2.24) is 14.9 Å². The summed E-state index contributed by atoms with van der Waals surface area (Å²) in [6.07, 6.45) is 4.97. The third kappa shape index (κ3) is 5.87. The first-order valence-electron chi connectivity index (χ1n) is 9.50. The summed E-state index contributed by atoms with van der Waals surface area (Å²) in [4.78, 5) is 11.0. The molecule has 152 valence electrons. The lowest BCUT2D eigenvalue weighted by Crippen LogP contribution is -2.39. The van der Waals surface area contributed by atoms with Crippen molar-refractivity contribution in [3.8, 4) is 11.5 Å². The molecule has 0 saturated carbocycles. The van der Waals surface area contributed by atoms with Crippen LogP contribution in [0.3, 0.4) is 0 Å². The van der Waals surface area contributed by atoms with Crippen LogP contribution >= 0.6 is 23.2 Å². The van der Waals surface area contributed by atoms with E-state index in [1.54, 1.807) is 25.4 Å². The Hall–Kier alpha value is -1.76. The van der Waals surface area contributed by atoms with E-state index in [-0.39, 0.29) is 6.10 Å². The molecular weight excluding hydrogens is 399 g/mol. The van der Waals surface area contributed by atoms with Crippen LogP contribution in [0.1, 0.15) is 25.1 Å². The minimum Gasteiger partial charge on any atom is -0.491 e. The summed E-state index contributed by atoms with van der Waals surface area (Å²) >= 11 is 12.0. The average molecular weight is 425 g/mol. The summed E-state index contributed by atoms with van der Waals surface area (Å²) in [6.45, 7) is 5.81. The van der Waals surface area contributed by atoms with Gasteiger partial charge in [0, 0.05) is 25.7 Å². The number of halogens is 2. The van der Waals surface area contributed by atoms with E-state index < -0.39 is 0 Å². The van der Waals surface area contributed by atoms with E-state index in [4.69, 9.17) is 32.7 Å². The molecule has 0 aliphatic carbocycles. The number of nitrogens with zero attached hydrogens (tertiary/aromatic N) is 3. The normalized spacial score (nSPS) is 15.4. The van der Waals surface area contributed by atoms with Gasteiger partial charge in [-0.2, -0.15) is 0 Å². The molecule has 0 amide bonds. The van der Waals surface area contributed by atoms with E-state index in [2.05, 4.69) is 20.2 Å². The molecule has 2 heterocycles. The van der Waals surface area contributed by atoms with Gasteiger partial charge in [0.2, 0.25) is 0 Å². The zero-order chi connectivity index (χ0) is 19.9. The number of ether oxygens (including phenoxy) is 2. The quantitative estimate of drug-likeness (QED) is 0.631. The first-order valence-corrected chi connectivity index (χ1v) is 10.3. The topological polar surface area (TPSA) is 59.5 Å². The van der Waals surface area contributed by atoms with Crippen LogP contribution in [-0.4, -0.2) is 54.3 Å². The SMILES string of the molecule is COc1cnc(C)nc1NCCCN1CCC(Oc2ccc(Cl)c(Cl)c2)CC1. The van der Waals surface area contributed by atoms with Gasteiger partial charge in [0.25, 0.3) is 0 Å². The largest absolute Gasteiger partial charge is 0.491 e. The van der Waals surface area contributed by atoms with Gasteiger partial charge in [0.1, 0.15) is 17.7 Å². The fourth-order valence-corrected chi connectivity index (χ4v) is 3.53. The summed E-state index contributed by atoms with van der Waals surface area (Å²) < 4.78 is 11.3. The molecule has 0 bridgehead atoms. The smallest absolute Gasteiger partial charge is 0.179 e. The number of aryl methyl sites for hydroxylation is 1. The lowest BCUT2D eigenvalue weighted by Gasteiger charge is -2.32. The number of anilines is 1. The van der Waals surface area contributed by atoms with Gasteiger partial charge in [0.15, 0.2) is 11.6 Å². The fourth-order valence-electron chi connectivity index (χ4n) is 3.24. The second-order valence-electron chi connectivity index (χ2n) is 6.85. The molecule has 0 atom stereocenters. The van der Waals surface area contributed by atoms with Crippen molar-refractivity contribution in [2.75, 3.05) is 38.6 Å². The standard InChI is InChI=1S/C20H26Cl2N4O2/c1-14-24-13-19(27-2)20(25-14)23-8-3-9-26-10-6-15(7-11-26)28-16-4-5-17(21)18(22)12-16/h4-5,12-13,15H,3,6-11H2,1-2H3,(H,23,24,25). The summed E-state index contributed by atoms with van der Waals surface area (Å²) in [5.74, 6) is 2.94. The van der Waals surface area contributed by atoms with Gasteiger partial charge >= 0.3 is 0 Å². The van der Waals surface area contributed by atoms with E-state index >= 15 is 0 Å². The van der Waals surface area contributed by atoms with E-state index in [0.717, 1.165) is 62.8 Å². The first-order chi connectivity index (χ1) is 13.5. The van der Waals surface area contributed by atoms with Crippen LogP contribution in [0.5, 0.6) is 11.5 Å². The Bertz CT molecular complexity index is 783. The molecule has 6 nitrogen and oxygen atoms in total. The molecule has 0 spiro atoms. The fraction of sp³-hybridized carbons (Fsp3) is 0.500. The molecule has 1 aliphatic rings. The highest BCUT2D eigenvalue weighted by atomic mass is 35.5. The Morgan fingerprint density at radius 1 is 1.21 bits per heavy atom. The third-order valence-electron chi connectivity index (χ3n) is 4.77. The van der Waals surface area contributed by atoms with Gasteiger partial charge < -0.3 is 19.7 Å². The number of hydrogen-bond donors (Lipinski definition) is 1. The summed E-state index contributed by atoms with van der Waals surface area (Å²) in [5, 5.41) is 4.42. The zero-order valence-electron chi connectivity index (χ0n) is 16.3. The predicted octanol–water partition coefficient (Wildman–Crippen LogP) is 4.45. The maximum absolute atomic E-state index is 6.06. The van der Waals surface area contributed by atoms with Crippen molar-refractivity contribution >= 4 is 29.0 Å². The highest BCUT2D eigenvalue weighted by Crippen LogP contribution is 2.28. The zero-order valence-corrected chi connectivity index (χ0v) is 17.8. The number of hydrogen-bond acceptors (Lipinski definition) is 6. The Morgan fingerprint density at radius 2 is 2.00 bits per heavy atom. The summed E-state index contributed by atoms with van der Waals surface area (Å²) in [6, 6.07) is 5.43. The van der Waals surface area contributed by atoms with E-state index in [1.807, 2.05) is 13.0 Å². The summed E-state index contributed by atoms with van der Waals surface area (Å²) in [5.41, 5.74) is 0. The number of piperidine rings is 1. The van der Waals surface area contributed by atoms with Crippen molar-refractivity contribution in [3.05, 3.63) is 40.3 Å². The monoisotopic (exact) mass is 424 g/mol.